The minimum atomic E-state index is -1.52. The summed E-state index contributed by atoms with van der Waals surface area (Å²) in [5, 5.41) is 0. The molecular weight excluding hydrogens is 357 g/mol. The maximum absolute atomic E-state index is 10.8. The average molecular weight is 374 g/mol. The van der Waals surface area contributed by atoms with Crippen molar-refractivity contribution in [3.05, 3.63) is 0 Å². The van der Waals surface area contributed by atoms with E-state index in [9.17, 15) is 4.79 Å². The van der Waals surface area contributed by atoms with Gasteiger partial charge in [-0.05, 0) is 0 Å². The van der Waals surface area contributed by atoms with E-state index in [-0.39, 0.29) is 26.9 Å². The molecule has 11 heavy (non-hydrogen) atoms. The number of carbonyl (C=O) groups excluding carboxylic acids is 1. The van der Waals surface area contributed by atoms with Crippen LogP contribution in [0.2, 0.25) is 0 Å². The van der Waals surface area contributed by atoms with Crippen LogP contribution in [0.15, 0.2) is 0 Å². The molecule has 0 unspecified atom stereocenters. The first-order valence-corrected chi connectivity index (χ1v) is 9.95. The monoisotopic (exact) mass is 376 g/mol. The minimum absolute atomic E-state index is 0.0119. The molecule has 0 bridgehead atoms. The summed E-state index contributed by atoms with van der Waals surface area (Å²) in [5.74, 6) is 0. The molecule has 0 aromatic heterocycles. The number of hydrogen-bond donors (Lipinski definition) is 0. The fourth-order valence-electron chi connectivity index (χ4n) is 0.698. The van der Waals surface area contributed by atoms with Crippen LogP contribution < -0.4 is 0 Å². The van der Waals surface area contributed by atoms with Gasteiger partial charge in [0.25, 0.3) is 0 Å². The van der Waals surface area contributed by atoms with Gasteiger partial charge < -0.3 is 0 Å². The van der Waals surface area contributed by atoms with Crippen molar-refractivity contribution in [2.45, 2.75) is 26.2 Å². The van der Waals surface area contributed by atoms with Crippen molar-refractivity contribution in [1.82, 2.24) is 0 Å². The number of ether oxygens (including phenoxy) is 1. The predicted molar refractivity (Wildman–Crippen MR) is 50.4 cm³/mol. The Balaban J connectivity index is 3.04. The fourth-order valence-corrected chi connectivity index (χ4v) is 6.53. The van der Waals surface area contributed by atoms with E-state index in [4.69, 9.17) is 6.15 Å². The first kappa shape index (κ1) is 12.0. The standard InChI is InChI=1S/C6H11O2.O.2Sn.5H/c1-2-3-4-5-8-6-7;;;;;;;;/h2-5H2,1H3;;;;;;;;. The van der Waals surface area contributed by atoms with Crippen LogP contribution in [0.4, 0.5) is 4.79 Å². The Kier molecular flexibility index (Phi) is 9.97. The summed E-state index contributed by atoms with van der Waals surface area (Å²) in [4.78, 5) is 10.8. The van der Waals surface area contributed by atoms with Gasteiger partial charge in [0, 0.05) is 0 Å². The van der Waals surface area contributed by atoms with Crippen molar-refractivity contribution < 1.29 is 10.9 Å². The zero-order valence-electron chi connectivity index (χ0n) is 7.26. The van der Waals surface area contributed by atoms with Gasteiger partial charge in [0.15, 0.2) is 0 Å². The van der Waals surface area contributed by atoms with Crippen LogP contribution in [-0.4, -0.2) is 55.1 Å². The van der Waals surface area contributed by atoms with Crippen LogP contribution in [0.1, 0.15) is 26.2 Å². The molecule has 0 radical (unpaired) electrons. The van der Waals surface area contributed by atoms with Crippen molar-refractivity contribution in [3.8, 4) is 0 Å². The molecule has 0 rings (SSSR count). The summed E-state index contributed by atoms with van der Waals surface area (Å²) in [6.45, 7) is 2.73. The van der Waals surface area contributed by atoms with Gasteiger partial charge >= 0.3 is 92.2 Å². The van der Waals surface area contributed by atoms with Crippen LogP contribution in [0, 0.1) is 0 Å². The Bertz CT molecular complexity index is 108. The second-order valence-electron chi connectivity index (χ2n) is 2.36. The van der Waals surface area contributed by atoms with Gasteiger partial charge in [-0.2, -0.15) is 0 Å². The molecule has 0 amide bonds. The van der Waals surface area contributed by atoms with Crippen molar-refractivity contribution in [2.24, 2.45) is 0 Å². The summed E-state index contributed by atoms with van der Waals surface area (Å²) in [6.07, 6.45) is 3.32. The van der Waals surface area contributed by atoms with Gasteiger partial charge in [0.2, 0.25) is 0 Å². The third kappa shape index (κ3) is 8.94. The molecule has 0 N–H and O–H groups in total. The number of carbonyl (C=O) groups is 1. The first-order chi connectivity index (χ1) is 5.31. The summed E-state index contributed by atoms with van der Waals surface area (Å²) in [5.41, 5.74) is 0. The Hall–Kier alpha value is 1.03. The molecule has 5 heteroatoms. The molecular formula is C6H16O3Sn2. The predicted octanol–water partition coefficient (Wildman–Crippen LogP) is -0.306. The second-order valence-corrected chi connectivity index (χ2v) is 17.5. The normalized spacial score (nSPS) is 11.0. The third-order valence-electron chi connectivity index (χ3n) is 1.27. The van der Waals surface area contributed by atoms with E-state index in [0.29, 0.717) is 6.61 Å². The van der Waals surface area contributed by atoms with E-state index in [0.717, 1.165) is 12.8 Å². The molecule has 66 valence electrons. The summed E-state index contributed by atoms with van der Waals surface area (Å²) in [6, 6.07) is 0. The van der Waals surface area contributed by atoms with Gasteiger partial charge in [0.1, 0.15) is 0 Å². The molecule has 0 aromatic carbocycles. The second kappa shape index (κ2) is 9.12. The van der Waals surface area contributed by atoms with E-state index in [1.165, 1.54) is 6.42 Å². The molecule has 0 heterocycles. The Labute approximate surface area is 91.6 Å². The zero-order chi connectivity index (χ0) is 8.53. The summed E-state index contributed by atoms with van der Waals surface area (Å²) < 4.78 is 9.94. The van der Waals surface area contributed by atoms with Crippen molar-refractivity contribution in [2.75, 3.05) is 6.61 Å². The van der Waals surface area contributed by atoms with E-state index in [1.54, 1.807) is 0 Å². The van der Waals surface area contributed by atoms with Gasteiger partial charge in [-0.1, -0.05) is 0 Å². The van der Waals surface area contributed by atoms with Crippen LogP contribution in [0.5, 0.6) is 0 Å². The molecule has 0 spiro atoms. The van der Waals surface area contributed by atoms with Crippen LogP contribution in [-0.2, 0) is 6.15 Å². The zero-order valence-corrected chi connectivity index (χ0v) is 17.0. The number of rotatable bonds is 6. The molecule has 0 aliphatic carbocycles. The molecule has 0 fully saturated rings. The quantitative estimate of drug-likeness (QED) is 0.473. The van der Waals surface area contributed by atoms with Crippen molar-refractivity contribution >= 4 is 48.5 Å². The van der Waals surface area contributed by atoms with Crippen LogP contribution in [0.3, 0.4) is 0 Å². The molecule has 0 aromatic rings. The van der Waals surface area contributed by atoms with Gasteiger partial charge in [-0.3, -0.25) is 0 Å². The topological polar surface area (TPSA) is 35.5 Å². The Morgan fingerprint density at radius 1 is 1.55 bits per heavy atom. The van der Waals surface area contributed by atoms with E-state index in [2.05, 4.69) is 6.92 Å². The van der Waals surface area contributed by atoms with Crippen LogP contribution in [0.25, 0.3) is 0 Å². The van der Waals surface area contributed by atoms with E-state index >= 15 is 0 Å². The first-order valence-electron chi connectivity index (χ1n) is 3.95. The van der Waals surface area contributed by atoms with E-state index in [1.807, 2.05) is 0 Å². The molecule has 0 saturated carbocycles. The summed E-state index contributed by atoms with van der Waals surface area (Å²) >= 11 is -1.29. The van der Waals surface area contributed by atoms with Gasteiger partial charge in [0.05, 0.1) is 0 Å². The Morgan fingerprint density at radius 3 is 2.82 bits per heavy atom. The van der Waals surface area contributed by atoms with Crippen molar-refractivity contribution in [1.29, 1.82) is 0 Å². The summed E-state index contributed by atoms with van der Waals surface area (Å²) in [7, 11) is 0. The molecule has 0 atom stereocenters. The molecule has 3 nitrogen and oxygen atoms in total. The number of hydrogen-bond acceptors (Lipinski definition) is 3. The van der Waals surface area contributed by atoms with Gasteiger partial charge in [-0.25, -0.2) is 0 Å². The SMILES string of the molecule is CCCCCO[C](=O)[SnH2][O][SnH3]. The van der Waals surface area contributed by atoms with E-state index < -0.39 is 21.6 Å². The fraction of sp³-hybridized carbons (Fsp3) is 0.833. The Morgan fingerprint density at radius 2 is 2.27 bits per heavy atom. The molecule has 0 aliphatic heterocycles. The molecule has 0 aliphatic rings. The number of unbranched alkanes of at least 4 members (excludes halogenated alkanes) is 2. The third-order valence-corrected chi connectivity index (χ3v) is 8.88. The average Bonchev–Trinajstić information content (AvgIpc) is 1.99. The van der Waals surface area contributed by atoms with Crippen LogP contribution >= 0.6 is 0 Å². The van der Waals surface area contributed by atoms with Crippen molar-refractivity contribution in [3.63, 3.8) is 0 Å². The molecule has 0 saturated heterocycles. The maximum atomic E-state index is 10.8. The van der Waals surface area contributed by atoms with Gasteiger partial charge in [-0.15, -0.1) is 0 Å².